The third-order valence-electron chi connectivity index (χ3n) is 3.49. The Morgan fingerprint density at radius 3 is 2.62 bits per heavy atom. The van der Waals surface area contributed by atoms with E-state index in [1.807, 2.05) is 19.9 Å². The quantitative estimate of drug-likeness (QED) is 0.583. The number of nitrogens with zero attached hydrogens (tertiary/aromatic N) is 5. The van der Waals surface area contributed by atoms with Crippen molar-refractivity contribution in [3.63, 3.8) is 0 Å². The van der Waals surface area contributed by atoms with Crippen molar-refractivity contribution in [2.75, 3.05) is 18.4 Å². The molecule has 0 aliphatic rings. The van der Waals surface area contributed by atoms with Crippen LogP contribution in [0.1, 0.15) is 17.2 Å². The highest BCUT2D eigenvalue weighted by Gasteiger charge is 2.15. The minimum Gasteiger partial charge on any atom is -0.369 e. The molecule has 11 heteroatoms. The molecule has 0 aromatic carbocycles. The van der Waals surface area contributed by atoms with Crippen molar-refractivity contribution < 1.29 is 12.9 Å². The molecule has 10 nitrogen and oxygen atoms in total. The largest absolute Gasteiger partial charge is 0.369 e. The fourth-order valence-electron chi connectivity index (χ4n) is 2.40. The molecular weight excluding hydrogens is 358 g/mol. The first-order valence-corrected chi connectivity index (χ1v) is 9.36. The monoisotopic (exact) mass is 377 g/mol. The topological polar surface area (TPSA) is 128 Å². The van der Waals surface area contributed by atoms with Gasteiger partial charge in [0.1, 0.15) is 22.8 Å². The number of sulfonamides is 1. The van der Waals surface area contributed by atoms with Gasteiger partial charge in [-0.25, -0.2) is 27.8 Å². The maximum atomic E-state index is 12.0. The van der Waals surface area contributed by atoms with Crippen LogP contribution in [0, 0.1) is 20.8 Å². The van der Waals surface area contributed by atoms with Crippen molar-refractivity contribution in [2.45, 2.75) is 25.7 Å². The van der Waals surface area contributed by atoms with E-state index in [1.54, 1.807) is 17.7 Å². The van der Waals surface area contributed by atoms with Crippen molar-refractivity contribution in [2.24, 2.45) is 0 Å². The lowest BCUT2D eigenvalue weighted by Crippen LogP contribution is -2.28. The highest BCUT2D eigenvalue weighted by molar-refractivity contribution is 7.89. The Labute approximate surface area is 150 Å². The van der Waals surface area contributed by atoms with Crippen LogP contribution in [0.5, 0.6) is 0 Å². The molecule has 0 amide bonds. The van der Waals surface area contributed by atoms with Crippen molar-refractivity contribution in [1.29, 1.82) is 0 Å². The Morgan fingerprint density at radius 1 is 1.15 bits per heavy atom. The average molecular weight is 377 g/mol. The van der Waals surface area contributed by atoms with Crippen molar-refractivity contribution in [3.8, 4) is 5.82 Å². The highest BCUT2D eigenvalue weighted by atomic mass is 32.2. The molecule has 3 aromatic heterocycles. The van der Waals surface area contributed by atoms with E-state index >= 15 is 0 Å². The Hall–Kier alpha value is -2.79. The van der Waals surface area contributed by atoms with Crippen LogP contribution in [0.2, 0.25) is 0 Å². The third-order valence-corrected chi connectivity index (χ3v) is 4.90. The van der Waals surface area contributed by atoms with Crippen LogP contribution in [-0.4, -0.2) is 46.4 Å². The summed E-state index contributed by atoms with van der Waals surface area (Å²) in [6.45, 7) is 6.17. The Balaban J connectivity index is 1.65. The number of hydrogen-bond acceptors (Lipinski definition) is 8. The molecule has 0 radical (unpaired) electrons. The van der Waals surface area contributed by atoms with Crippen LogP contribution in [0.3, 0.4) is 0 Å². The fourth-order valence-corrected chi connectivity index (χ4v) is 3.29. The Kier molecular flexibility index (Phi) is 5.00. The fraction of sp³-hybridized carbons (Fsp3) is 0.333. The summed E-state index contributed by atoms with van der Waals surface area (Å²) in [6, 6.07) is 3.73. The second-order valence-corrected chi connectivity index (χ2v) is 7.45. The molecule has 0 aliphatic heterocycles. The minimum absolute atomic E-state index is 0.0119. The summed E-state index contributed by atoms with van der Waals surface area (Å²) in [4.78, 5) is 8.70. The van der Waals surface area contributed by atoms with Crippen LogP contribution < -0.4 is 10.0 Å². The number of hydrogen-bond donors (Lipinski definition) is 2. The van der Waals surface area contributed by atoms with Crippen molar-refractivity contribution >= 4 is 15.8 Å². The van der Waals surface area contributed by atoms with Gasteiger partial charge in [-0.15, -0.1) is 0 Å². The molecule has 0 aliphatic carbocycles. The van der Waals surface area contributed by atoms with E-state index in [9.17, 15) is 8.42 Å². The van der Waals surface area contributed by atoms with Crippen LogP contribution in [-0.2, 0) is 10.0 Å². The molecule has 26 heavy (non-hydrogen) atoms. The van der Waals surface area contributed by atoms with E-state index in [0.717, 1.165) is 23.8 Å². The number of aromatic nitrogens is 5. The van der Waals surface area contributed by atoms with E-state index < -0.39 is 10.0 Å². The number of rotatable bonds is 7. The zero-order valence-corrected chi connectivity index (χ0v) is 15.4. The molecule has 3 heterocycles. The Bertz CT molecular complexity index is 996. The molecule has 138 valence electrons. The first-order chi connectivity index (χ1) is 12.3. The van der Waals surface area contributed by atoms with Crippen LogP contribution in [0.25, 0.3) is 5.82 Å². The third kappa shape index (κ3) is 4.06. The lowest BCUT2D eigenvalue weighted by molar-refractivity contribution is 0.417. The van der Waals surface area contributed by atoms with Gasteiger partial charge in [0, 0.05) is 24.8 Å². The summed E-state index contributed by atoms with van der Waals surface area (Å²) in [5.41, 5.74) is 1.87. The van der Waals surface area contributed by atoms with Crippen molar-refractivity contribution in [1.82, 2.24) is 29.6 Å². The molecule has 0 atom stereocenters. The Morgan fingerprint density at radius 2 is 1.96 bits per heavy atom. The number of aryl methyl sites for hydroxylation is 3. The molecule has 0 unspecified atom stereocenters. The summed E-state index contributed by atoms with van der Waals surface area (Å²) >= 11 is 0. The molecule has 2 N–H and O–H groups in total. The molecular formula is C15H19N7O3S. The van der Waals surface area contributed by atoms with Gasteiger partial charge < -0.3 is 9.84 Å². The van der Waals surface area contributed by atoms with E-state index in [0.29, 0.717) is 24.0 Å². The summed E-state index contributed by atoms with van der Waals surface area (Å²) in [5.74, 6) is 1.82. The molecule has 3 aromatic rings. The normalized spacial score (nSPS) is 11.7. The van der Waals surface area contributed by atoms with Gasteiger partial charge in [0.15, 0.2) is 5.82 Å². The highest BCUT2D eigenvalue weighted by Crippen LogP contribution is 2.13. The minimum atomic E-state index is -3.63. The first-order valence-electron chi connectivity index (χ1n) is 7.87. The second-order valence-electron chi connectivity index (χ2n) is 5.68. The smallest absolute Gasteiger partial charge is 0.245 e. The van der Waals surface area contributed by atoms with Gasteiger partial charge in [0.2, 0.25) is 10.0 Å². The van der Waals surface area contributed by atoms with E-state index in [2.05, 4.69) is 34.8 Å². The molecule has 0 bridgehead atoms. The summed E-state index contributed by atoms with van der Waals surface area (Å²) in [6.07, 6.45) is 2.22. The van der Waals surface area contributed by atoms with Gasteiger partial charge in [-0.05, 0) is 26.8 Å². The van der Waals surface area contributed by atoms with Gasteiger partial charge in [0.25, 0.3) is 0 Å². The molecule has 0 fully saturated rings. The average Bonchev–Trinajstić information content (AvgIpc) is 3.21. The second kappa shape index (κ2) is 7.22. The van der Waals surface area contributed by atoms with Gasteiger partial charge in [-0.3, -0.25) is 0 Å². The SMILES string of the molecule is Cc1cc(C)n(-c2cc(NCCNS(=O)(=O)c3cnoc3)nc(C)n2)n1. The zero-order valence-electron chi connectivity index (χ0n) is 14.6. The standard InChI is InChI=1S/C15H19N7O3S/c1-10-6-11(2)22(21-10)15-7-14(19-12(3)20-15)16-4-5-18-26(23,24)13-8-17-25-9-13/h6-9,18H,4-5H2,1-3H3,(H,16,19,20). The lowest BCUT2D eigenvalue weighted by Gasteiger charge is -2.10. The van der Waals surface area contributed by atoms with E-state index in [-0.39, 0.29) is 11.4 Å². The number of nitrogens with one attached hydrogen (secondary N) is 2. The lowest BCUT2D eigenvalue weighted by atomic mass is 10.4. The van der Waals surface area contributed by atoms with Gasteiger partial charge in [0.05, 0.1) is 11.9 Å². The van der Waals surface area contributed by atoms with E-state index in [4.69, 9.17) is 0 Å². The maximum absolute atomic E-state index is 12.0. The summed E-state index contributed by atoms with van der Waals surface area (Å²) in [7, 11) is -3.63. The number of anilines is 1. The molecule has 0 saturated carbocycles. The van der Waals surface area contributed by atoms with Crippen LogP contribution in [0.15, 0.2) is 34.0 Å². The predicted octanol–water partition coefficient (Wildman–Crippen LogP) is 0.966. The molecule has 0 spiro atoms. The summed E-state index contributed by atoms with van der Waals surface area (Å²) in [5, 5.41) is 10.9. The maximum Gasteiger partial charge on any atom is 0.245 e. The van der Waals surface area contributed by atoms with Gasteiger partial charge in [-0.2, -0.15) is 5.10 Å². The van der Waals surface area contributed by atoms with Crippen LogP contribution in [0.4, 0.5) is 5.82 Å². The van der Waals surface area contributed by atoms with E-state index in [1.165, 1.54) is 0 Å². The predicted molar refractivity (Wildman–Crippen MR) is 93.5 cm³/mol. The first kappa shape index (κ1) is 18.0. The summed E-state index contributed by atoms with van der Waals surface area (Å²) < 4.78 is 32.7. The van der Waals surface area contributed by atoms with Crippen molar-refractivity contribution in [3.05, 3.63) is 41.8 Å². The van der Waals surface area contributed by atoms with Crippen LogP contribution >= 0.6 is 0 Å². The molecule has 3 rings (SSSR count). The van der Waals surface area contributed by atoms with Gasteiger partial charge >= 0.3 is 0 Å². The zero-order chi connectivity index (χ0) is 18.7. The van der Waals surface area contributed by atoms with Gasteiger partial charge in [-0.1, -0.05) is 5.16 Å². The molecule has 0 saturated heterocycles.